The van der Waals surface area contributed by atoms with Crippen molar-refractivity contribution < 1.29 is 9.53 Å². The Morgan fingerprint density at radius 3 is 2.71 bits per heavy atom. The van der Waals surface area contributed by atoms with E-state index in [4.69, 9.17) is 4.74 Å². The molecule has 0 aliphatic carbocycles. The molecule has 0 aliphatic rings. The molecule has 0 saturated heterocycles. The lowest BCUT2D eigenvalue weighted by Gasteiger charge is -2.09. The number of aryl methyl sites for hydroxylation is 1. The van der Waals surface area contributed by atoms with Crippen LogP contribution in [0.1, 0.15) is 27.7 Å². The van der Waals surface area contributed by atoms with Gasteiger partial charge in [-0.05, 0) is 43.5 Å². The highest BCUT2D eigenvalue weighted by Crippen LogP contribution is 2.30. The Kier molecular flexibility index (Phi) is 3.76. The average Bonchev–Trinajstić information content (AvgIpc) is 2.92. The molecular weight excluding hydrogens is 280 g/mol. The summed E-state index contributed by atoms with van der Waals surface area (Å²) in [5.41, 5.74) is 1.70. The molecule has 0 aliphatic heterocycles. The summed E-state index contributed by atoms with van der Waals surface area (Å²) in [5.74, 6) is 0.689. The third kappa shape index (κ3) is 2.69. The fourth-order valence-corrected chi connectivity index (χ4v) is 3.35. The average molecular weight is 296 g/mol. The Hall–Kier alpha value is -2.13. The highest BCUT2D eigenvalue weighted by Gasteiger charge is 2.17. The van der Waals surface area contributed by atoms with E-state index >= 15 is 0 Å². The lowest BCUT2D eigenvalue weighted by molar-refractivity contribution is 0.103. The van der Waals surface area contributed by atoms with Gasteiger partial charge in [-0.1, -0.05) is 29.8 Å². The number of thiophene rings is 1. The zero-order valence-corrected chi connectivity index (χ0v) is 12.9. The normalized spacial score (nSPS) is 10.8. The molecule has 106 valence electrons. The first-order valence-electron chi connectivity index (χ1n) is 6.96. The lowest BCUT2D eigenvalue weighted by atomic mass is 10.1. The second-order valence-corrected chi connectivity index (χ2v) is 5.99. The van der Waals surface area contributed by atoms with Crippen LogP contribution in [0.15, 0.2) is 48.5 Å². The summed E-state index contributed by atoms with van der Waals surface area (Å²) in [7, 11) is 0. The maximum absolute atomic E-state index is 12.8. The van der Waals surface area contributed by atoms with Crippen molar-refractivity contribution in [3.63, 3.8) is 0 Å². The summed E-state index contributed by atoms with van der Waals surface area (Å²) in [4.78, 5) is 13.5. The maximum Gasteiger partial charge on any atom is 0.206 e. The van der Waals surface area contributed by atoms with Crippen molar-refractivity contribution in [2.24, 2.45) is 0 Å². The summed E-state index contributed by atoms with van der Waals surface area (Å²) in [6, 6.07) is 15.7. The molecule has 3 heteroatoms. The Bertz CT molecular complexity index is 769. The molecule has 1 aromatic heterocycles. The van der Waals surface area contributed by atoms with Crippen LogP contribution >= 0.6 is 11.3 Å². The molecule has 0 atom stereocenters. The van der Waals surface area contributed by atoms with Crippen LogP contribution in [0.5, 0.6) is 5.75 Å². The molecule has 1 heterocycles. The van der Waals surface area contributed by atoms with Gasteiger partial charge < -0.3 is 4.74 Å². The van der Waals surface area contributed by atoms with E-state index in [0.29, 0.717) is 17.9 Å². The van der Waals surface area contributed by atoms with E-state index in [2.05, 4.69) is 0 Å². The van der Waals surface area contributed by atoms with Crippen molar-refractivity contribution in [1.29, 1.82) is 0 Å². The lowest BCUT2D eigenvalue weighted by Crippen LogP contribution is -2.04. The summed E-state index contributed by atoms with van der Waals surface area (Å²) in [6.07, 6.45) is 0. The smallest absolute Gasteiger partial charge is 0.206 e. The van der Waals surface area contributed by atoms with Crippen molar-refractivity contribution in [3.8, 4) is 5.75 Å². The summed E-state index contributed by atoms with van der Waals surface area (Å²) >= 11 is 1.53. The van der Waals surface area contributed by atoms with Crippen molar-refractivity contribution >= 4 is 27.2 Å². The number of carbonyl (C=O) groups is 1. The van der Waals surface area contributed by atoms with Crippen LogP contribution < -0.4 is 4.74 Å². The molecule has 0 N–H and O–H groups in total. The minimum Gasteiger partial charge on any atom is -0.493 e. The van der Waals surface area contributed by atoms with Gasteiger partial charge in [-0.2, -0.15) is 0 Å². The summed E-state index contributed by atoms with van der Waals surface area (Å²) < 4.78 is 6.72. The van der Waals surface area contributed by atoms with E-state index < -0.39 is 0 Å². The predicted molar refractivity (Wildman–Crippen MR) is 87.6 cm³/mol. The van der Waals surface area contributed by atoms with Gasteiger partial charge in [-0.3, -0.25) is 4.79 Å². The largest absolute Gasteiger partial charge is 0.493 e. The van der Waals surface area contributed by atoms with Gasteiger partial charge in [-0.15, -0.1) is 11.3 Å². The highest BCUT2D eigenvalue weighted by atomic mass is 32.1. The first kappa shape index (κ1) is 13.8. The molecule has 0 radical (unpaired) electrons. The minimum atomic E-state index is 0.0309. The molecule has 2 aromatic carbocycles. The monoisotopic (exact) mass is 296 g/mol. The van der Waals surface area contributed by atoms with E-state index in [1.165, 1.54) is 11.3 Å². The van der Waals surface area contributed by atoms with Gasteiger partial charge in [0, 0.05) is 4.70 Å². The summed E-state index contributed by atoms with van der Waals surface area (Å²) in [5, 5.41) is 1.11. The van der Waals surface area contributed by atoms with E-state index in [1.807, 2.05) is 62.4 Å². The van der Waals surface area contributed by atoms with Crippen LogP contribution in [0.4, 0.5) is 0 Å². The van der Waals surface area contributed by atoms with Crippen molar-refractivity contribution in [3.05, 3.63) is 64.5 Å². The third-order valence-corrected chi connectivity index (χ3v) is 4.44. The zero-order chi connectivity index (χ0) is 14.8. The Balaban J connectivity index is 2.06. The fraction of sp³-hybridized carbons (Fsp3) is 0.167. The Morgan fingerprint density at radius 2 is 1.95 bits per heavy atom. The zero-order valence-electron chi connectivity index (χ0n) is 12.1. The van der Waals surface area contributed by atoms with Crippen molar-refractivity contribution in [2.45, 2.75) is 13.8 Å². The van der Waals surface area contributed by atoms with Crippen LogP contribution in [0.2, 0.25) is 0 Å². The van der Waals surface area contributed by atoms with Gasteiger partial charge in [-0.25, -0.2) is 0 Å². The van der Waals surface area contributed by atoms with Crippen LogP contribution in [-0.2, 0) is 0 Å². The Labute approximate surface area is 128 Å². The van der Waals surface area contributed by atoms with Crippen LogP contribution in [0.25, 0.3) is 10.1 Å². The molecule has 2 nitrogen and oxygen atoms in total. The number of carbonyl (C=O) groups excluding carboxylic acids is 1. The van der Waals surface area contributed by atoms with E-state index in [9.17, 15) is 4.79 Å². The molecule has 3 rings (SSSR count). The molecule has 0 bridgehead atoms. The van der Waals surface area contributed by atoms with Gasteiger partial charge in [0.15, 0.2) is 0 Å². The molecule has 0 fully saturated rings. The summed E-state index contributed by atoms with van der Waals surface area (Å²) in [6.45, 7) is 4.46. The Morgan fingerprint density at radius 1 is 1.14 bits per heavy atom. The number of ketones is 1. The van der Waals surface area contributed by atoms with Crippen molar-refractivity contribution in [1.82, 2.24) is 0 Å². The standard InChI is InChI=1S/C18H16O2S/c1-3-20-15-9-8-12(2)10-14(15)18(19)17-11-13-6-4-5-7-16(13)21-17/h4-11H,3H2,1-2H3. The van der Waals surface area contributed by atoms with Crippen LogP contribution in [0.3, 0.4) is 0 Å². The fourth-order valence-electron chi connectivity index (χ4n) is 2.33. The first-order valence-corrected chi connectivity index (χ1v) is 7.77. The highest BCUT2D eigenvalue weighted by molar-refractivity contribution is 7.21. The predicted octanol–water partition coefficient (Wildman–Crippen LogP) is 4.84. The molecule has 0 amide bonds. The second kappa shape index (κ2) is 5.70. The van der Waals surface area contributed by atoms with Crippen LogP contribution in [-0.4, -0.2) is 12.4 Å². The number of ether oxygens (including phenoxy) is 1. The molecule has 0 unspecified atom stereocenters. The van der Waals surface area contributed by atoms with Crippen molar-refractivity contribution in [2.75, 3.05) is 6.61 Å². The molecule has 0 saturated carbocycles. The van der Waals surface area contributed by atoms with E-state index in [1.54, 1.807) is 0 Å². The van der Waals surface area contributed by atoms with Gasteiger partial charge >= 0.3 is 0 Å². The first-order chi connectivity index (χ1) is 10.2. The second-order valence-electron chi connectivity index (χ2n) is 4.91. The van der Waals surface area contributed by atoms with Gasteiger partial charge in [0.2, 0.25) is 5.78 Å². The third-order valence-electron chi connectivity index (χ3n) is 3.33. The topological polar surface area (TPSA) is 26.3 Å². The van der Waals surface area contributed by atoms with Gasteiger partial charge in [0.1, 0.15) is 5.75 Å². The van der Waals surface area contributed by atoms with E-state index in [0.717, 1.165) is 20.5 Å². The van der Waals surface area contributed by atoms with Gasteiger partial charge in [0.25, 0.3) is 0 Å². The number of rotatable bonds is 4. The molecule has 0 spiro atoms. The number of benzene rings is 2. The van der Waals surface area contributed by atoms with E-state index in [-0.39, 0.29) is 5.78 Å². The number of fused-ring (bicyclic) bond motifs is 1. The number of hydrogen-bond acceptors (Lipinski definition) is 3. The van der Waals surface area contributed by atoms with Gasteiger partial charge in [0.05, 0.1) is 17.0 Å². The molecule has 3 aromatic rings. The number of hydrogen-bond donors (Lipinski definition) is 0. The molecule has 21 heavy (non-hydrogen) atoms. The maximum atomic E-state index is 12.8. The van der Waals surface area contributed by atoms with Crippen LogP contribution in [0, 0.1) is 6.92 Å². The minimum absolute atomic E-state index is 0.0309. The molecular formula is C18H16O2S. The quantitative estimate of drug-likeness (QED) is 0.644. The SMILES string of the molecule is CCOc1ccc(C)cc1C(=O)c1cc2ccccc2s1.